The van der Waals surface area contributed by atoms with Gasteiger partial charge in [0.2, 0.25) is 0 Å². The molecule has 0 bridgehead atoms. The summed E-state index contributed by atoms with van der Waals surface area (Å²) in [5.41, 5.74) is 0.962. The zero-order valence-electron chi connectivity index (χ0n) is 13.7. The smallest absolute Gasteiger partial charge is 0.308 e. The lowest BCUT2D eigenvalue weighted by Crippen LogP contribution is -2.04. The van der Waals surface area contributed by atoms with Crippen molar-refractivity contribution in [3.05, 3.63) is 35.4 Å². The van der Waals surface area contributed by atoms with Crippen molar-refractivity contribution in [1.29, 1.82) is 0 Å². The van der Waals surface area contributed by atoms with E-state index in [1.165, 1.54) is 45.2 Å². The largest absolute Gasteiger partial charge is 0.504 e. The highest BCUT2D eigenvalue weighted by Crippen LogP contribution is 2.49. The van der Waals surface area contributed by atoms with Crippen molar-refractivity contribution >= 4 is 17.7 Å². The predicted molar refractivity (Wildman–Crippen MR) is 86.1 cm³/mol. The summed E-state index contributed by atoms with van der Waals surface area (Å²) < 4.78 is 15.2. The van der Waals surface area contributed by atoms with E-state index in [-0.39, 0.29) is 22.6 Å². The van der Waals surface area contributed by atoms with Crippen molar-refractivity contribution in [3.8, 4) is 34.1 Å². The molecule has 7 heteroatoms. The summed E-state index contributed by atoms with van der Waals surface area (Å²) in [6.07, 6.45) is 0. The quantitative estimate of drug-likeness (QED) is 0.576. The minimum absolute atomic E-state index is 0.0181. The fourth-order valence-electron chi connectivity index (χ4n) is 2.78. The number of phenolic OH excluding ortho intramolecular Hbond substituents is 1. The first-order valence-electron chi connectivity index (χ1n) is 7.33. The Morgan fingerprint density at radius 3 is 2.16 bits per heavy atom. The van der Waals surface area contributed by atoms with E-state index in [9.17, 15) is 19.5 Å². The fraction of sp³-hybridized carbons (Fsp3) is 0.167. The lowest BCUT2D eigenvalue weighted by molar-refractivity contribution is -0.132. The number of ether oxygens (including phenoxy) is 3. The van der Waals surface area contributed by atoms with E-state index >= 15 is 0 Å². The molecule has 0 heterocycles. The molecule has 0 saturated heterocycles. The van der Waals surface area contributed by atoms with E-state index in [1.54, 1.807) is 0 Å². The van der Waals surface area contributed by atoms with Gasteiger partial charge >= 0.3 is 11.9 Å². The van der Waals surface area contributed by atoms with Crippen LogP contribution in [0.25, 0.3) is 11.1 Å². The lowest BCUT2D eigenvalue weighted by atomic mass is 10.0. The molecule has 25 heavy (non-hydrogen) atoms. The molecule has 3 rings (SSSR count). The monoisotopic (exact) mass is 342 g/mol. The van der Waals surface area contributed by atoms with Crippen LogP contribution in [-0.2, 0) is 9.59 Å². The molecule has 7 nitrogen and oxygen atoms in total. The molecule has 1 N–H and O–H groups in total. The number of rotatable bonds is 3. The van der Waals surface area contributed by atoms with Crippen LogP contribution in [0.15, 0.2) is 24.3 Å². The van der Waals surface area contributed by atoms with Gasteiger partial charge in [0.15, 0.2) is 17.3 Å². The molecular formula is C18H14O7. The number of aromatic hydroxyl groups is 1. The summed E-state index contributed by atoms with van der Waals surface area (Å²) >= 11 is 0. The van der Waals surface area contributed by atoms with Crippen LogP contribution in [0.5, 0.6) is 23.0 Å². The van der Waals surface area contributed by atoms with Crippen LogP contribution in [0.1, 0.15) is 29.8 Å². The summed E-state index contributed by atoms with van der Waals surface area (Å²) in [5.74, 6) is -1.75. The zero-order valence-corrected chi connectivity index (χ0v) is 13.7. The molecule has 1 aliphatic carbocycles. The molecule has 0 unspecified atom stereocenters. The first kappa shape index (κ1) is 16.5. The van der Waals surface area contributed by atoms with E-state index in [0.29, 0.717) is 16.9 Å². The van der Waals surface area contributed by atoms with E-state index < -0.39 is 23.5 Å². The standard InChI is InChI=1S/C18H14O7/c1-8(19)24-13-5-4-11-15-12(17(21)16(11)18(13)22)6-10(23-3)7-14(15)25-9(2)20/h4-7,22H,1-3H3. The molecule has 1 aliphatic rings. The number of fused-ring (bicyclic) bond motifs is 3. The third-order valence-electron chi connectivity index (χ3n) is 3.70. The average molecular weight is 342 g/mol. The van der Waals surface area contributed by atoms with E-state index in [2.05, 4.69) is 0 Å². The van der Waals surface area contributed by atoms with Gasteiger partial charge in [0, 0.05) is 36.6 Å². The number of hydrogen-bond acceptors (Lipinski definition) is 7. The van der Waals surface area contributed by atoms with E-state index in [4.69, 9.17) is 14.2 Å². The second-order valence-corrected chi connectivity index (χ2v) is 5.40. The normalized spacial score (nSPS) is 11.6. The van der Waals surface area contributed by atoms with Gasteiger partial charge in [-0.15, -0.1) is 0 Å². The van der Waals surface area contributed by atoms with Crippen LogP contribution < -0.4 is 14.2 Å². The highest BCUT2D eigenvalue weighted by molar-refractivity contribution is 6.24. The van der Waals surface area contributed by atoms with Crippen LogP contribution in [0.4, 0.5) is 0 Å². The number of phenols is 1. The number of carbonyl (C=O) groups is 3. The van der Waals surface area contributed by atoms with Gasteiger partial charge in [0.1, 0.15) is 11.5 Å². The molecule has 0 spiro atoms. The summed E-state index contributed by atoms with van der Waals surface area (Å²) in [7, 11) is 1.42. The van der Waals surface area contributed by atoms with Crippen LogP contribution >= 0.6 is 0 Å². The second-order valence-electron chi connectivity index (χ2n) is 5.40. The maximum Gasteiger partial charge on any atom is 0.308 e. The summed E-state index contributed by atoms with van der Waals surface area (Å²) in [6.45, 7) is 2.43. The first-order chi connectivity index (χ1) is 11.8. The zero-order chi connectivity index (χ0) is 18.3. The Labute approximate surface area is 142 Å². The van der Waals surface area contributed by atoms with Crippen LogP contribution in [-0.4, -0.2) is 29.9 Å². The third-order valence-corrected chi connectivity index (χ3v) is 3.70. The van der Waals surface area contributed by atoms with Gasteiger partial charge in [-0.1, -0.05) is 0 Å². The van der Waals surface area contributed by atoms with Gasteiger partial charge in [-0.05, 0) is 18.2 Å². The Balaban J connectivity index is 2.25. The molecule has 0 saturated carbocycles. The second kappa shape index (κ2) is 5.94. The topological polar surface area (TPSA) is 99.1 Å². The van der Waals surface area contributed by atoms with E-state index in [0.717, 1.165) is 0 Å². The number of benzene rings is 2. The Kier molecular flexibility index (Phi) is 3.92. The molecule has 2 aromatic rings. The minimum atomic E-state index is -0.625. The Hall–Kier alpha value is -3.35. The predicted octanol–water partition coefficient (Wildman–Crippen LogP) is 2.46. The van der Waals surface area contributed by atoms with Crippen LogP contribution in [0.3, 0.4) is 0 Å². The van der Waals surface area contributed by atoms with Crippen LogP contribution in [0.2, 0.25) is 0 Å². The highest BCUT2D eigenvalue weighted by Gasteiger charge is 2.35. The molecule has 0 amide bonds. The van der Waals surface area contributed by atoms with Gasteiger partial charge in [0.05, 0.1) is 12.7 Å². The Bertz CT molecular complexity index is 928. The average Bonchev–Trinajstić information content (AvgIpc) is 2.83. The maximum atomic E-state index is 12.8. The molecule has 0 aromatic heterocycles. The van der Waals surface area contributed by atoms with E-state index in [1.807, 2.05) is 0 Å². The molecular weight excluding hydrogens is 328 g/mol. The van der Waals surface area contributed by atoms with Crippen molar-refractivity contribution in [2.45, 2.75) is 13.8 Å². The van der Waals surface area contributed by atoms with Crippen molar-refractivity contribution < 1.29 is 33.7 Å². The summed E-state index contributed by atoms with van der Waals surface area (Å²) in [6, 6.07) is 5.88. The number of carbonyl (C=O) groups excluding carboxylic acids is 3. The van der Waals surface area contributed by atoms with Gasteiger partial charge < -0.3 is 19.3 Å². The van der Waals surface area contributed by atoms with Crippen molar-refractivity contribution in [2.24, 2.45) is 0 Å². The highest BCUT2D eigenvalue weighted by atomic mass is 16.5. The molecule has 2 aromatic carbocycles. The maximum absolute atomic E-state index is 12.8. The Morgan fingerprint density at radius 2 is 1.56 bits per heavy atom. The number of esters is 2. The summed E-state index contributed by atoms with van der Waals surface area (Å²) in [4.78, 5) is 35.3. The molecule has 0 atom stereocenters. The molecule has 0 fully saturated rings. The number of methoxy groups -OCH3 is 1. The molecule has 128 valence electrons. The SMILES string of the molecule is COc1cc(OC(C)=O)c2c(c1)C(=O)c1c-2ccc(OC(C)=O)c1O. The van der Waals surface area contributed by atoms with Crippen molar-refractivity contribution in [2.75, 3.05) is 7.11 Å². The van der Waals surface area contributed by atoms with Gasteiger partial charge in [-0.3, -0.25) is 14.4 Å². The van der Waals surface area contributed by atoms with Crippen LogP contribution in [0, 0.1) is 0 Å². The molecule has 0 radical (unpaired) electrons. The number of ketones is 1. The number of hydrogen-bond donors (Lipinski definition) is 1. The molecule has 0 aliphatic heterocycles. The van der Waals surface area contributed by atoms with Gasteiger partial charge in [-0.2, -0.15) is 0 Å². The van der Waals surface area contributed by atoms with Crippen molar-refractivity contribution in [1.82, 2.24) is 0 Å². The first-order valence-corrected chi connectivity index (χ1v) is 7.33. The summed E-state index contributed by atoms with van der Waals surface area (Å²) in [5, 5.41) is 10.4. The van der Waals surface area contributed by atoms with Gasteiger partial charge in [0.25, 0.3) is 0 Å². The fourth-order valence-corrected chi connectivity index (χ4v) is 2.78. The minimum Gasteiger partial charge on any atom is -0.504 e. The third kappa shape index (κ3) is 2.69. The van der Waals surface area contributed by atoms with Crippen molar-refractivity contribution in [3.63, 3.8) is 0 Å². The van der Waals surface area contributed by atoms with Gasteiger partial charge in [-0.25, -0.2) is 0 Å². The lowest BCUT2D eigenvalue weighted by Gasteiger charge is -2.11. The Morgan fingerprint density at radius 1 is 0.920 bits per heavy atom.